The molecule has 1 saturated heterocycles. The van der Waals surface area contributed by atoms with E-state index in [0.29, 0.717) is 59.2 Å². The Balaban J connectivity index is 1.43. The van der Waals surface area contributed by atoms with E-state index in [1.54, 1.807) is 41.1 Å². The van der Waals surface area contributed by atoms with Crippen molar-refractivity contribution in [1.82, 2.24) is 24.6 Å². The van der Waals surface area contributed by atoms with Crippen LogP contribution in [0.4, 0.5) is 0 Å². The molecule has 0 radical (unpaired) electrons. The van der Waals surface area contributed by atoms with Crippen LogP contribution in [0.15, 0.2) is 53.3 Å². The van der Waals surface area contributed by atoms with Crippen molar-refractivity contribution in [2.24, 2.45) is 0 Å². The number of halogens is 1. The van der Waals surface area contributed by atoms with E-state index in [-0.39, 0.29) is 23.8 Å². The minimum Gasteiger partial charge on any atom is -0.494 e. The number of aromatic nitrogens is 4. The smallest absolute Gasteiger partial charge is 0.204 e. The van der Waals surface area contributed by atoms with Crippen LogP contribution in [0.3, 0.4) is 0 Å². The fourth-order valence-corrected chi connectivity index (χ4v) is 6.06. The maximum Gasteiger partial charge on any atom is 0.204 e. The summed E-state index contributed by atoms with van der Waals surface area (Å²) in [5, 5.41) is 9.05. The molecule has 40 heavy (non-hydrogen) atoms. The van der Waals surface area contributed by atoms with E-state index in [9.17, 15) is 8.42 Å². The van der Waals surface area contributed by atoms with Gasteiger partial charge in [0.1, 0.15) is 22.9 Å². The first-order valence-corrected chi connectivity index (χ1v) is 14.9. The Morgan fingerprint density at radius 2 is 1.80 bits per heavy atom. The predicted octanol–water partition coefficient (Wildman–Crippen LogP) is 3.58. The van der Waals surface area contributed by atoms with Crippen molar-refractivity contribution < 1.29 is 27.0 Å². The van der Waals surface area contributed by atoms with Crippen molar-refractivity contribution >= 4 is 21.4 Å². The summed E-state index contributed by atoms with van der Waals surface area (Å²) in [6.07, 6.45) is 3.29. The van der Waals surface area contributed by atoms with E-state index in [1.165, 1.54) is 20.5 Å². The molecule has 0 saturated carbocycles. The second kappa shape index (κ2) is 12.4. The van der Waals surface area contributed by atoms with Gasteiger partial charge < -0.3 is 18.6 Å². The summed E-state index contributed by atoms with van der Waals surface area (Å²) in [6.45, 7) is 3.54. The number of aryl methyl sites for hydroxylation is 1. The van der Waals surface area contributed by atoms with Crippen LogP contribution in [0, 0.1) is 0 Å². The molecule has 13 heteroatoms. The van der Waals surface area contributed by atoms with E-state index in [0.717, 1.165) is 18.7 Å². The number of nitrogens with zero attached hydrogens (tertiary/aromatic N) is 5. The molecule has 0 atom stereocenters. The molecule has 5 rings (SSSR count). The number of rotatable bonds is 11. The first kappa shape index (κ1) is 28.1. The molecule has 4 aromatic rings. The molecule has 212 valence electrons. The topological polar surface area (TPSA) is 122 Å². The van der Waals surface area contributed by atoms with Crippen LogP contribution in [-0.2, 0) is 33.3 Å². The molecular formula is C27H30ClN5O6S. The van der Waals surface area contributed by atoms with Gasteiger partial charge in [-0.05, 0) is 35.9 Å². The summed E-state index contributed by atoms with van der Waals surface area (Å²) in [7, 11) is -0.606. The number of furan rings is 1. The van der Waals surface area contributed by atoms with E-state index in [4.69, 9.17) is 30.2 Å². The summed E-state index contributed by atoms with van der Waals surface area (Å²) < 4.78 is 50.8. The summed E-state index contributed by atoms with van der Waals surface area (Å²) in [5.41, 5.74) is 2.08. The summed E-state index contributed by atoms with van der Waals surface area (Å²) in [4.78, 5) is 6.71. The zero-order chi connectivity index (χ0) is 28.1. The molecule has 0 spiro atoms. The van der Waals surface area contributed by atoms with E-state index >= 15 is 0 Å². The normalized spacial score (nSPS) is 14.4. The highest BCUT2D eigenvalue weighted by molar-refractivity contribution is 7.90. The summed E-state index contributed by atoms with van der Waals surface area (Å²) in [6, 6.07) is 10.6. The second-order valence-electron chi connectivity index (χ2n) is 9.25. The molecule has 0 bridgehead atoms. The van der Waals surface area contributed by atoms with Gasteiger partial charge in [0.15, 0.2) is 21.4 Å². The molecule has 0 aliphatic carbocycles. The van der Waals surface area contributed by atoms with E-state index in [1.807, 2.05) is 6.07 Å². The summed E-state index contributed by atoms with van der Waals surface area (Å²) in [5.74, 6) is 1.37. The van der Waals surface area contributed by atoms with Crippen molar-refractivity contribution in [2.75, 3.05) is 46.3 Å². The molecule has 4 heterocycles. The molecule has 3 aromatic heterocycles. The van der Waals surface area contributed by atoms with Gasteiger partial charge in [-0.1, -0.05) is 17.7 Å². The third-order valence-corrected chi connectivity index (χ3v) is 8.35. The lowest BCUT2D eigenvalue weighted by Gasteiger charge is -2.27. The number of hydrogen-bond donors (Lipinski definition) is 0. The number of sulfone groups is 1. The Morgan fingerprint density at radius 3 is 2.48 bits per heavy atom. The minimum atomic E-state index is -3.66. The number of benzene rings is 1. The van der Waals surface area contributed by atoms with Gasteiger partial charge in [-0.3, -0.25) is 14.5 Å². The summed E-state index contributed by atoms with van der Waals surface area (Å²) >= 11 is 6.23. The molecule has 0 amide bonds. The maximum absolute atomic E-state index is 13.5. The van der Waals surface area contributed by atoms with E-state index in [2.05, 4.69) is 20.1 Å². The molecule has 11 nitrogen and oxygen atoms in total. The predicted molar refractivity (Wildman–Crippen MR) is 149 cm³/mol. The number of pyridine rings is 1. The number of morpholine rings is 1. The largest absolute Gasteiger partial charge is 0.494 e. The number of para-hydroxylation sites is 1. The van der Waals surface area contributed by atoms with Crippen LogP contribution in [0.5, 0.6) is 11.5 Å². The third-order valence-electron chi connectivity index (χ3n) is 6.62. The van der Waals surface area contributed by atoms with Crippen LogP contribution in [0.2, 0.25) is 5.02 Å². The zero-order valence-corrected chi connectivity index (χ0v) is 23.8. The first-order chi connectivity index (χ1) is 19.4. The lowest BCUT2D eigenvalue weighted by molar-refractivity contribution is 0.0340. The zero-order valence-electron chi connectivity index (χ0n) is 22.2. The van der Waals surface area contributed by atoms with Gasteiger partial charge >= 0.3 is 0 Å². The molecule has 0 N–H and O–H groups in total. The van der Waals surface area contributed by atoms with Crippen molar-refractivity contribution in [1.29, 1.82) is 0 Å². The van der Waals surface area contributed by atoms with Crippen LogP contribution < -0.4 is 9.47 Å². The quantitative estimate of drug-likeness (QED) is 0.257. The first-order valence-electron chi connectivity index (χ1n) is 12.7. The molecule has 1 aromatic carbocycles. The Morgan fingerprint density at radius 1 is 1.05 bits per heavy atom. The van der Waals surface area contributed by atoms with Gasteiger partial charge in [0.05, 0.1) is 44.5 Å². The van der Waals surface area contributed by atoms with Crippen LogP contribution >= 0.6 is 11.6 Å². The highest BCUT2D eigenvalue weighted by Gasteiger charge is 2.27. The van der Waals surface area contributed by atoms with Crippen LogP contribution in [-0.4, -0.2) is 79.3 Å². The molecular weight excluding hydrogens is 558 g/mol. The fraction of sp³-hybridized carbons (Fsp3) is 0.370. The van der Waals surface area contributed by atoms with Gasteiger partial charge in [0.2, 0.25) is 5.82 Å². The number of ether oxygens (including phenoxy) is 3. The van der Waals surface area contributed by atoms with Crippen molar-refractivity contribution in [2.45, 2.75) is 18.7 Å². The monoisotopic (exact) mass is 587 g/mol. The lowest BCUT2D eigenvalue weighted by atomic mass is 10.1. The number of hydrogen-bond acceptors (Lipinski definition) is 10. The molecule has 1 aliphatic rings. The maximum atomic E-state index is 13.5. The Bertz CT molecular complexity index is 1530. The second-order valence-corrected chi connectivity index (χ2v) is 11.9. The standard InChI is InChI=1S/C27H30ClN5O6S/c1-36-22-5-3-6-23(37-2)26(22)33-25(30-31-27(33)24-7-4-11-39-24)18-40(34,35)14-8-21-19(15-20(28)16-29-21)17-32-9-12-38-13-10-32/h3-7,11,15-16H,8-10,12-14,17-18H2,1-2H3. The van der Waals surface area contributed by atoms with Crippen LogP contribution in [0.25, 0.3) is 17.3 Å². The number of methoxy groups -OCH3 is 2. The van der Waals surface area contributed by atoms with Gasteiger partial charge in [0.25, 0.3) is 0 Å². The van der Waals surface area contributed by atoms with Gasteiger partial charge in [-0.25, -0.2) is 8.42 Å². The minimum absolute atomic E-state index is 0.135. The average molecular weight is 588 g/mol. The molecule has 1 fully saturated rings. The SMILES string of the molecule is COc1cccc(OC)c1-n1c(CS(=O)(=O)CCc2ncc(Cl)cc2CN2CCOCC2)nnc1-c1ccco1. The van der Waals surface area contributed by atoms with E-state index < -0.39 is 9.84 Å². The molecule has 0 unspecified atom stereocenters. The Hall–Kier alpha value is -3.45. The van der Waals surface area contributed by atoms with Crippen LogP contribution in [0.1, 0.15) is 17.1 Å². The van der Waals surface area contributed by atoms with Crippen molar-refractivity contribution in [3.05, 3.63) is 71.0 Å². The highest BCUT2D eigenvalue weighted by atomic mass is 35.5. The highest BCUT2D eigenvalue weighted by Crippen LogP contribution is 2.36. The Kier molecular flexibility index (Phi) is 8.69. The third kappa shape index (κ3) is 6.30. The molecule has 1 aliphatic heterocycles. The van der Waals surface area contributed by atoms with Gasteiger partial charge in [0, 0.05) is 37.9 Å². The van der Waals surface area contributed by atoms with Gasteiger partial charge in [-0.15, -0.1) is 10.2 Å². The van der Waals surface area contributed by atoms with Gasteiger partial charge in [-0.2, -0.15) is 0 Å². The lowest BCUT2D eigenvalue weighted by Crippen LogP contribution is -2.36. The average Bonchev–Trinajstić information content (AvgIpc) is 3.62. The fourth-order valence-electron chi connectivity index (χ4n) is 4.66. The van der Waals surface area contributed by atoms with Crippen molar-refractivity contribution in [3.63, 3.8) is 0 Å². The Labute approximate surface area is 237 Å². The van der Waals surface area contributed by atoms with Crippen molar-refractivity contribution in [3.8, 4) is 28.8 Å².